The summed E-state index contributed by atoms with van der Waals surface area (Å²) in [6, 6.07) is 0. The van der Waals surface area contributed by atoms with Crippen LogP contribution in [-0.4, -0.2) is 15.6 Å². The van der Waals surface area contributed by atoms with Gasteiger partial charge in [0, 0.05) is 0 Å². The molecule has 0 rings (SSSR count). The minimum atomic E-state index is -3.65. The van der Waals surface area contributed by atoms with E-state index in [-0.39, 0.29) is 5.32 Å². The molecule has 0 saturated heterocycles. The van der Waals surface area contributed by atoms with Gasteiger partial charge in [-0.2, -0.15) is 0 Å². The number of rotatable bonds is 5. The first-order chi connectivity index (χ1) is 5.04. The zero-order valence-corrected chi connectivity index (χ0v) is 8.37. The van der Waals surface area contributed by atoms with Gasteiger partial charge in [-0.05, 0) is 0 Å². The zero-order chi connectivity index (χ0) is 8.98. The molecule has 0 spiro atoms. The fourth-order valence-electron chi connectivity index (χ4n) is 0.376. The van der Waals surface area contributed by atoms with Gasteiger partial charge in [0.2, 0.25) is 0 Å². The summed E-state index contributed by atoms with van der Waals surface area (Å²) in [6.45, 7) is 3.36. The maximum absolute atomic E-state index is 10.5. The van der Waals surface area contributed by atoms with Gasteiger partial charge in [-0.1, -0.05) is 0 Å². The number of carbonyl (C=O) groups is 3. The average molecular weight is 264 g/mol. The fraction of sp³-hybridized carbons (Fsp3) is 0.167. The summed E-state index contributed by atoms with van der Waals surface area (Å²) < 4.78 is 0. The molecule has 5 heteroatoms. The van der Waals surface area contributed by atoms with Gasteiger partial charge in [0.25, 0.3) is 0 Å². The van der Waals surface area contributed by atoms with E-state index < -0.39 is 9.98 Å². The predicted octanol–water partition coefficient (Wildman–Crippen LogP) is 1.16. The van der Waals surface area contributed by atoms with E-state index in [1.807, 2.05) is 0 Å². The van der Waals surface area contributed by atoms with Gasteiger partial charge in [-0.25, -0.2) is 0 Å². The third-order valence-corrected chi connectivity index (χ3v) is 6.56. The van der Waals surface area contributed by atoms with Crippen molar-refractivity contribution in [3.05, 3.63) is 12.7 Å². The molecule has 11 heavy (non-hydrogen) atoms. The molecule has 0 aliphatic heterocycles. The molecule has 3 nitrogen and oxygen atoms in total. The van der Waals surface area contributed by atoms with Crippen molar-refractivity contribution in [2.45, 2.75) is 5.32 Å². The Bertz CT molecular complexity index is 189. The van der Waals surface area contributed by atoms with Gasteiger partial charge in [0.1, 0.15) is 0 Å². The molecule has 0 amide bonds. The molecule has 0 saturated carbocycles. The summed E-state index contributed by atoms with van der Waals surface area (Å²) in [7, 11) is -3.65. The van der Waals surface area contributed by atoms with Crippen molar-refractivity contribution in [2.24, 2.45) is 0 Å². The van der Waals surface area contributed by atoms with Crippen LogP contribution in [0.25, 0.3) is 0 Å². The Balaban J connectivity index is 5.02. The van der Waals surface area contributed by atoms with Crippen LogP contribution in [0.15, 0.2) is 12.7 Å². The van der Waals surface area contributed by atoms with E-state index in [9.17, 15) is 14.4 Å². The van der Waals surface area contributed by atoms with Gasteiger partial charge >= 0.3 is 72.0 Å². The Kier molecular flexibility index (Phi) is 3.35. The first-order valence-corrected chi connectivity index (χ1v) is 7.94. The fourth-order valence-corrected chi connectivity index (χ4v) is 2.22. The molecule has 0 radical (unpaired) electrons. The Morgan fingerprint density at radius 1 is 1.18 bits per heavy atom. The first-order valence-electron chi connectivity index (χ1n) is 2.52. The van der Waals surface area contributed by atoms with E-state index in [2.05, 4.69) is 20.7 Å². The SMILES string of the molecule is C=C[CH2][Fe]([Br])([CH]=O)([CH]=O)[CH]=O. The molecule has 0 aliphatic rings. The molecule has 0 atom stereocenters. The molecule has 0 N–H and O–H groups in total. The van der Waals surface area contributed by atoms with E-state index in [0.29, 0.717) is 15.6 Å². The summed E-state index contributed by atoms with van der Waals surface area (Å²) >= 11 is 2.92. The molecule has 0 aromatic rings. The summed E-state index contributed by atoms with van der Waals surface area (Å²) in [5, 5.41) is 1.32. The molecular weight excluding hydrogens is 256 g/mol. The summed E-state index contributed by atoms with van der Waals surface area (Å²) in [6.07, 6.45) is 1.38. The summed E-state index contributed by atoms with van der Waals surface area (Å²) in [5.74, 6) is 0. The number of hydrogen-bond donors (Lipinski definition) is 0. The van der Waals surface area contributed by atoms with Crippen LogP contribution in [0.2, 0.25) is 5.32 Å². The zero-order valence-electron chi connectivity index (χ0n) is 5.68. The number of allylic oxidation sites excluding steroid dienone is 1. The second-order valence-corrected chi connectivity index (χ2v) is 12.1. The van der Waals surface area contributed by atoms with E-state index in [0.717, 1.165) is 0 Å². The van der Waals surface area contributed by atoms with Crippen molar-refractivity contribution in [1.82, 2.24) is 0 Å². The Hall–Kier alpha value is -0.251. The van der Waals surface area contributed by atoms with Crippen LogP contribution in [-0.2, 0) is 24.4 Å². The minimum absolute atomic E-state index is 0.0965. The average Bonchev–Trinajstić information content (AvgIpc) is 2.06. The molecule has 0 heterocycles. The van der Waals surface area contributed by atoms with Gasteiger partial charge < -0.3 is 0 Å². The molecule has 0 aromatic carbocycles. The molecule has 65 valence electrons. The van der Waals surface area contributed by atoms with Crippen molar-refractivity contribution >= 4 is 29.7 Å². The Morgan fingerprint density at radius 3 is 1.64 bits per heavy atom. The van der Waals surface area contributed by atoms with Crippen LogP contribution >= 0.6 is 14.1 Å². The molecular formula is C6H8BrFeO3. The Morgan fingerprint density at radius 2 is 1.55 bits per heavy atom. The van der Waals surface area contributed by atoms with Crippen LogP contribution in [0.3, 0.4) is 0 Å². The summed E-state index contributed by atoms with van der Waals surface area (Å²) in [5.41, 5.74) is 0. The quantitative estimate of drug-likeness (QED) is 0.425. The monoisotopic (exact) mass is 263 g/mol. The van der Waals surface area contributed by atoms with E-state index in [1.54, 1.807) is 0 Å². The van der Waals surface area contributed by atoms with Crippen LogP contribution in [0, 0.1) is 0 Å². The van der Waals surface area contributed by atoms with Gasteiger partial charge in [0.15, 0.2) is 0 Å². The van der Waals surface area contributed by atoms with Gasteiger partial charge in [-0.15, -0.1) is 0 Å². The molecule has 0 fully saturated rings. The first kappa shape index (κ1) is 10.7. The van der Waals surface area contributed by atoms with Gasteiger partial charge in [0.05, 0.1) is 0 Å². The third kappa shape index (κ3) is 2.09. The van der Waals surface area contributed by atoms with E-state index in [1.165, 1.54) is 6.08 Å². The molecule has 0 unspecified atom stereocenters. The van der Waals surface area contributed by atoms with Crippen molar-refractivity contribution in [1.29, 1.82) is 0 Å². The second-order valence-electron chi connectivity index (χ2n) is 1.80. The van der Waals surface area contributed by atoms with Gasteiger partial charge in [-0.3, -0.25) is 0 Å². The topological polar surface area (TPSA) is 51.2 Å². The number of hydrogen-bond acceptors (Lipinski definition) is 3. The number of carbonyl (C=O) groups excluding carboxylic acids is 3. The maximum atomic E-state index is 10.5. The number of halogens is 1. The van der Waals surface area contributed by atoms with E-state index >= 15 is 0 Å². The summed E-state index contributed by atoms with van der Waals surface area (Å²) in [4.78, 5) is 31.5. The van der Waals surface area contributed by atoms with Crippen LogP contribution < -0.4 is 0 Å². The standard InChI is InChI=1S/C3H5.3CHO.BrH.Fe/c1-3-2;3*1-2;;/h3H,1-2H2;3*1H;1H;/q;;;;;+1/p-1. The van der Waals surface area contributed by atoms with Crippen LogP contribution in [0.5, 0.6) is 0 Å². The van der Waals surface area contributed by atoms with Crippen LogP contribution in [0.1, 0.15) is 0 Å². The molecule has 0 bridgehead atoms. The predicted molar refractivity (Wildman–Crippen MR) is 44.2 cm³/mol. The van der Waals surface area contributed by atoms with Crippen molar-refractivity contribution in [3.63, 3.8) is 0 Å². The molecule has 0 aliphatic carbocycles. The second kappa shape index (κ2) is 3.43. The Labute approximate surface area is 72.1 Å². The molecule has 0 aromatic heterocycles. The van der Waals surface area contributed by atoms with Crippen molar-refractivity contribution in [3.8, 4) is 0 Å². The van der Waals surface area contributed by atoms with Crippen molar-refractivity contribution in [2.75, 3.05) is 0 Å². The van der Waals surface area contributed by atoms with E-state index in [4.69, 9.17) is 0 Å². The van der Waals surface area contributed by atoms with Crippen LogP contribution in [0.4, 0.5) is 0 Å². The normalized spacial score (nSPS) is 14.1. The third-order valence-electron chi connectivity index (χ3n) is 0.967. The van der Waals surface area contributed by atoms with Crippen molar-refractivity contribution < 1.29 is 24.4 Å².